The highest BCUT2D eigenvalue weighted by atomic mass is 35.5. The summed E-state index contributed by atoms with van der Waals surface area (Å²) in [6, 6.07) is 0. The highest BCUT2D eigenvalue weighted by Crippen LogP contribution is 2.03. The molecule has 0 radical (unpaired) electrons. The average Bonchev–Trinajstić information content (AvgIpc) is 1.95. The lowest BCUT2D eigenvalue weighted by Crippen LogP contribution is -3.00. The first-order valence-corrected chi connectivity index (χ1v) is 4.09. The van der Waals surface area contributed by atoms with Gasteiger partial charge >= 0.3 is 0 Å². The first-order valence-electron chi connectivity index (χ1n) is 4.09. The topological polar surface area (TPSA) is 0 Å². The number of nitrogens with zero attached hydrogens (tertiary/aromatic N) is 1. The molecule has 0 aromatic rings. The number of rotatable bonds is 4. The predicted octanol–water partition coefficient (Wildman–Crippen LogP) is -0.633. The fourth-order valence-corrected chi connectivity index (χ4v) is 1.34. The van der Waals surface area contributed by atoms with E-state index >= 15 is 0 Å². The molecule has 1 nitrogen and oxygen atoms in total. The summed E-state index contributed by atoms with van der Waals surface area (Å²) in [6.45, 7) is 14.2. The highest BCUT2D eigenvalue weighted by molar-refractivity contribution is 6.92. The minimum atomic E-state index is 0. The van der Waals surface area contributed by atoms with Crippen molar-refractivity contribution in [2.24, 2.45) is 0 Å². The van der Waals surface area contributed by atoms with Gasteiger partial charge in [-0.1, -0.05) is 0 Å². The Morgan fingerprint density at radius 3 is 0.917 bits per heavy atom. The number of hydrogen-bond donors (Lipinski definition) is 0. The minimum absolute atomic E-state index is 0. The van der Waals surface area contributed by atoms with Crippen LogP contribution in [0, 0.1) is 0 Å². The minimum Gasteiger partial charge on any atom is -1.00 e. The van der Waals surface area contributed by atoms with E-state index in [1.807, 2.05) is 0 Å². The largest absolute Gasteiger partial charge is 1.00 e. The third-order valence-corrected chi connectivity index (χ3v) is 2.68. The number of hydrogen-bond acceptors (Lipinski definition) is 0. The molecule has 12 heavy (non-hydrogen) atoms. The van der Waals surface area contributed by atoms with Gasteiger partial charge in [0.2, 0.25) is 0 Å². The van der Waals surface area contributed by atoms with Gasteiger partial charge in [0.05, 0.1) is 26.2 Å². The third-order valence-electron chi connectivity index (χ3n) is 2.68. The standard InChI is InChI=1S/C8H20N.2ClH.H3P/c1-5-9(6-2,7-3)8-4;;;/h5-8H2,1-4H3;2*1H;1H3/q+1;;;/p-1. The second-order valence-corrected chi connectivity index (χ2v) is 2.61. The van der Waals surface area contributed by atoms with Crippen molar-refractivity contribution in [1.29, 1.82) is 0 Å². The summed E-state index contributed by atoms with van der Waals surface area (Å²) in [5.74, 6) is 0. The predicted molar refractivity (Wildman–Crippen MR) is 60.8 cm³/mol. The van der Waals surface area contributed by atoms with Crippen LogP contribution in [0.4, 0.5) is 0 Å². The Hall–Kier alpha value is 0.970. The molecule has 80 valence electrons. The zero-order valence-electron chi connectivity index (χ0n) is 8.77. The summed E-state index contributed by atoms with van der Waals surface area (Å²) in [5.41, 5.74) is 0. The third kappa shape index (κ3) is 6.48. The summed E-state index contributed by atoms with van der Waals surface area (Å²) >= 11 is 0. The van der Waals surface area contributed by atoms with E-state index in [2.05, 4.69) is 27.7 Å². The SMILES string of the molecule is CC[N+](CC)(CC)CC.Cl.P.[Cl-]. The van der Waals surface area contributed by atoms with Gasteiger partial charge in [0.15, 0.2) is 0 Å². The molecular weight excluding hydrogens is 212 g/mol. The molecule has 0 saturated heterocycles. The van der Waals surface area contributed by atoms with Crippen molar-refractivity contribution in [3.63, 3.8) is 0 Å². The monoisotopic (exact) mass is 235 g/mol. The van der Waals surface area contributed by atoms with Gasteiger partial charge in [0.25, 0.3) is 0 Å². The molecule has 4 heteroatoms. The summed E-state index contributed by atoms with van der Waals surface area (Å²) < 4.78 is 1.28. The van der Waals surface area contributed by atoms with E-state index in [4.69, 9.17) is 0 Å². The van der Waals surface area contributed by atoms with Crippen molar-refractivity contribution in [1.82, 2.24) is 0 Å². The Morgan fingerprint density at radius 2 is 0.917 bits per heavy atom. The van der Waals surface area contributed by atoms with E-state index in [9.17, 15) is 0 Å². The van der Waals surface area contributed by atoms with E-state index < -0.39 is 0 Å². The fraction of sp³-hybridized carbons (Fsp3) is 1.00. The molecule has 0 heterocycles. The van der Waals surface area contributed by atoms with Crippen molar-refractivity contribution in [3.8, 4) is 0 Å². The molecule has 0 amide bonds. The molecule has 0 bridgehead atoms. The maximum Gasteiger partial charge on any atom is 0.0757 e. The van der Waals surface area contributed by atoms with E-state index in [1.54, 1.807) is 0 Å². The maximum absolute atomic E-state index is 2.27. The lowest BCUT2D eigenvalue weighted by atomic mass is 10.3. The normalized spacial score (nSPS) is 9.00. The van der Waals surface area contributed by atoms with Crippen LogP contribution < -0.4 is 12.4 Å². The molecule has 0 aliphatic carbocycles. The van der Waals surface area contributed by atoms with Gasteiger partial charge in [0, 0.05) is 0 Å². The van der Waals surface area contributed by atoms with Crippen LogP contribution >= 0.6 is 22.3 Å². The first kappa shape index (κ1) is 23.1. The van der Waals surface area contributed by atoms with Gasteiger partial charge in [-0.3, -0.25) is 0 Å². The first-order chi connectivity index (χ1) is 4.24. The van der Waals surface area contributed by atoms with Crippen LogP contribution in [0.25, 0.3) is 0 Å². The van der Waals surface area contributed by atoms with Crippen LogP contribution in [0.3, 0.4) is 0 Å². The highest BCUT2D eigenvalue weighted by Gasteiger charge is 2.16. The molecule has 1 unspecified atom stereocenters. The van der Waals surface area contributed by atoms with Crippen LogP contribution in [0.5, 0.6) is 0 Å². The Morgan fingerprint density at radius 1 is 0.750 bits per heavy atom. The van der Waals surface area contributed by atoms with Crippen LogP contribution in [-0.2, 0) is 0 Å². The van der Waals surface area contributed by atoms with E-state index in [1.165, 1.54) is 30.7 Å². The molecular formula is C8H24Cl2NP. The van der Waals surface area contributed by atoms with Gasteiger partial charge in [-0.25, -0.2) is 0 Å². The fourth-order valence-electron chi connectivity index (χ4n) is 1.34. The second-order valence-electron chi connectivity index (χ2n) is 2.61. The Balaban J connectivity index is -0.000000107. The second kappa shape index (κ2) is 12.0. The van der Waals surface area contributed by atoms with Crippen molar-refractivity contribution < 1.29 is 16.9 Å². The smallest absolute Gasteiger partial charge is 0.0757 e. The van der Waals surface area contributed by atoms with Crippen LogP contribution in [-0.4, -0.2) is 30.7 Å². The molecule has 0 aliphatic rings. The zero-order valence-corrected chi connectivity index (χ0v) is 11.8. The molecule has 0 fully saturated rings. The van der Waals surface area contributed by atoms with Crippen molar-refractivity contribution >= 4 is 22.3 Å². The quantitative estimate of drug-likeness (QED) is 0.450. The number of halogens is 2. The summed E-state index contributed by atoms with van der Waals surface area (Å²) in [4.78, 5) is 0. The summed E-state index contributed by atoms with van der Waals surface area (Å²) in [7, 11) is 0. The molecule has 0 aromatic heterocycles. The van der Waals surface area contributed by atoms with Gasteiger partial charge < -0.3 is 16.9 Å². The van der Waals surface area contributed by atoms with Gasteiger partial charge in [-0.05, 0) is 27.7 Å². The van der Waals surface area contributed by atoms with Gasteiger partial charge in [-0.15, -0.1) is 12.4 Å². The lowest BCUT2D eigenvalue weighted by Gasteiger charge is -2.34. The Bertz CT molecular complexity index is 59.9. The van der Waals surface area contributed by atoms with E-state index in [0.717, 1.165) is 0 Å². The van der Waals surface area contributed by atoms with Crippen molar-refractivity contribution in [2.45, 2.75) is 27.7 Å². The summed E-state index contributed by atoms with van der Waals surface area (Å²) in [6.07, 6.45) is 0. The molecule has 0 saturated carbocycles. The maximum atomic E-state index is 2.27. The van der Waals surface area contributed by atoms with Crippen LogP contribution in [0.1, 0.15) is 27.7 Å². The number of quaternary nitrogens is 1. The molecule has 0 N–H and O–H groups in total. The summed E-state index contributed by atoms with van der Waals surface area (Å²) in [5, 5.41) is 0. The lowest BCUT2D eigenvalue weighted by molar-refractivity contribution is -0.921. The molecule has 0 aliphatic heterocycles. The average molecular weight is 236 g/mol. The van der Waals surface area contributed by atoms with E-state index in [0.29, 0.717) is 0 Å². The molecule has 1 atom stereocenters. The molecule has 0 rings (SSSR count). The molecule has 0 aromatic carbocycles. The van der Waals surface area contributed by atoms with Crippen LogP contribution in [0.2, 0.25) is 0 Å². The van der Waals surface area contributed by atoms with Crippen molar-refractivity contribution in [2.75, 3.05) is 26.2 Å². The Labute approximate surface area is 93.3 Å². The van der Waals surface area contributed by atoms with Gasteiger partial charge in [0.1, 0.15) is 0 Å². The van der Waals surface area contributed by atoms with E-state index in [-0.39, 0.29) is 34.7 Å². The van der Waals surface area contributed by atoms with Crippen molar-refractivity contribution in [3.05, 3.63) is 0 Å². The zero-order chi connectivity index (χ0) is 7.33. The Kier molecular flexibility index (Phi) is 23.0. The van der Waals surface area contributed by atoms with Crippen LogP contribution in [0.15, 0.2) is 0 Å². The molecule has 0 spiro atoms. The van der Waals surface area contributed by atoms with Gasteiger partial charge in [-0.2, -0.15) is 9.90 Å².